The number of hydrogen-bond acceptors (Lipinski definition) is 3. The highest BCUT2D eigenvalue weighted by molar-refractivity contribution is 6.07. The minimum absolute atomic E-state index is 0.118. The molecule has 0 saturated carbocycles. The van der Waals surface area contributed by atoms with Gasteiger partial charge in [-0.15, -0.1) is 0 Å². The molecule has 4 aromatic rings. The number of ether oxygens (including phenoxy) is 1. The summed E-state index contributed by atoms with van der Waals surface area (Å²) in [5.74, 6) is 0.378. The van der Waals surface area contributed by atoms with Gasteiger partial charge in [0.05, 0.1) is 19.3 Å². The van der Waals surface area contributed by atoms with Gasteiger partial charge in [-0.05, 0) is 60.7 Å². The fourth-order valence-corrected chi connectivity index (χ4v) is 3.73. The van der Waals surface area contributed by atoms with Crippen LogP contribution in [0.5, 0.6) is 5.75 Å². The molecular formula is C26H24N2O3. The first-order valence-corrected chi connectivity index (χ1v) is 10.1. The summed E-state index contributed by atoms with van der Waals surface area (Å²) in [4.78, 5) is 31.0. The van der Waals surface area contributed by atoms with Crippen LogP contribution in [0.15, 0.2) is 77.6 Å². The number of pyridine rings is 1. The number of aryl methyl sites for hydroxylation is 2. The summed E-state index contributed by atoms with van der Waals surface area (Å²) >= 11 is 0. The first-order chi connectivity index (χ1) is 15.0. The van der Waals surface area contributed by atoms with Crippen molar-refractivity contribution in [2.45, 2.75) is 20.4 Å². The molecule has 1 N–H and O–H groups in total. The van der Waals surface area contributed by atoms with Crippen LogP contribution in [0.4, 0.5) is 5.69 Å². The average Bonchev–Trinajstić information content (AvgIpc) is 2.77. The third kappa shape index (κ3) is 4.08. The molecular weight excluding hydrogens is 388 g/mol. The Hall–Kier alpha value is -3.86. The van der Waals surface area contributed by atoms with E-state index in [1.807, 2.05) is 74.5 Å². The molecule has 0 aliphatic heterocycles. The van der Waals surface area contributed by atoms with E-state index in [1.165, 1.54) is 0 Å². The molecule has 0 bridgehead atoms. The number of benzene rings is 3. The zero-order valence-electron chi connectivity index (χ0n) is 17.8. The largest absolute Gasteiger partial charge is 0.495 e. The van der Waals surface area contributed by atoms with E-state index in [9.17, 15) is 9.59 Å². The van der Waals surface area contributed by atoms with Gasteiger partial charge in [-0.25, -0.2) is 0 Å². The van der Waals surface area contributed by atoms with Crippen LogP contribution in [0.2, 0.25) is 0 Å². The second kappa shape index (κ2) is 8.48. The summed E-state index contributed by atoms with van der Waals surface area (Å²) in [6, 6.07) is 22.5. The standard InChI is InChI=1S/C26H24N2O3/c1-17-12-13-19-15-20(25(29)27-22(19)14-17)16-28(23-10-6-7-11-24(23)31-3)26(30)21-9-5-4-8-18(21)2/h4-15H,16H2,1-3H3,(H,27,29). The van der Waals surface area contributed by atoms with Gasteiger partial charge in [-0.2, -0.15) is 0 Å². The zero-order valence-corrected chi connectivity index (χ0v) is 17.8. The minimum atomic E-state index is -0.212. The molecule has 5 nitrogen and oxygen atoms in total. The van der Waals surface area contributed by atoms with E-state index in [2.05, 4.69) is 4.98 Å². The van der Waals surface area contributed by atoms with Crippen molar-refractivity contribution in [1.29, 1.82) is 0 Å². The van der Waals surface area contributed by atoms with Gasteiger partial charge in [-0.1, -0.05) is 42.5 Å². The van der Waals surface area contributed by atoms with Gasteiger partial charge < -0.3 is 14.6 Å². The summed E-state index contributed by atoms with van der Waals surface area (Å²) in [5, 5.41) is 0.920. The molecule has 31 heavy (non-hydrogen) atoms. The number of rotatable bonds is 5. The lowest BCUT2D eigenvalue weighted by Gasteiger charge is -2.25. The zero-order chi connectivity index (χ0) is 22.0. The van der Waals surface area contributed by atoms with E-state index in [1.54, 1.807) is 24.1 Å². The highest BCUT2D eigenvalue weighted by Crippen LogP contribution is 2.30. The number of aromatic amines is 1. The van der Waals surface area contributed by atoms with Gasteiger partial charge in [0.1, 0.15) is 5.75 Å². The number of amides is 1. The van der Waals surface area contributed by atoms with E-state index < -0.39 is 0 Å². The van der Waals surface area contributed by atoms with E-state index in [0.29, 0.717) is 22.6 Å². The number of nitrogens with zero attached hydrogens (tertiary/aromatic N) is 1. The molecule has 0 aliphatic rings. The van der Waals surface area contributed by atoms with Crippen LogP contribution in [0.25, 0.3) is 10.9 Å². The topological polar surface area (TPSA) is 62.4 Å². The Morgan fingerprint density at radius 3 is 2.48 bits per heavy atom. The fraction of sp³-hybridized carbons (Fsp3) is 0.154. The van der Waals surface area contributed by atoms with Crippen molar-refractivity contribution in [2.75, 3.05) is 12.0 Å². The lowest BCUT2D eigenvalue weighted by molar-refractivity contribution is 0.0983. The van der Waals surface area contributed by atoms with Crippen molar-refractivity contribution in [3.8, 4) is 5.75 Å². The Morgan fingerprint density at radius 2 is 1.71 bits per heavy atom. The minimum Gasteiger partial charge on any atom is -0.495 e. The number of carbonyl (C=O) groups is 1. The predicted molar refractivity (Wildman–Crippen MR) is 124 cm³/mol. The van der Waals surface area contributed by atoms with Crippen LogP contribution in [-0.4, -0.2) is 18.0 Å². The van der Waals surface area contributed by atoms with Crippen LogP contribution < -0.4 is 15.2 Å². The fourth-order valence-electron chi connectivity index (χ4n) is 3.73. The van der Waals surface area contributed by atoms with Crippen molar-refractivity contribution in [1.82, 2.24) is 4.98 Å². The summed E-state index contributed by atoms with van der Waals surface area (Å²) in [5.41, 5.74) is 4.21. The number of fused-ring (bicyclic) bond motifs is 1. The molecule has 1 amide bonds. The quantitative estimate of drug-likeness (QED) is 0.502. The number of para-hydroxylation sites is 2. The Labute approximate surface area is 180 Å². The molecule has 1 heterocycles. The second-order valence-electron chi connectivity index (χ2n) is 7.59. The number of hydrogen-bond donors (Lipinski definition) is 1. The van der Waals surface area contributed by atoms with Crippen LogP contribution in [0.1, 0.15) is 27.0 Å². The summed E-state index contributed by atoms with van der Waals surface area (Å²) in [7, 11) is 1.57. The monoisotopic (exact) mass is 412 g/mol. The molecule has 0 unspecified atom stereocenters. The van der Waals surface area contributed by atoms with E-state index >= 15 is 0 Å². The molecule has 0 saturated heterocycles. The van der Waals surface area contributed by atoms with Gasteiger partial charge in [-0.3, -0.25) is 9.59 Å². The van der Waals surface area contributed by atoms with Crippen molar-refractivity contribution in [3.05, 3.63) is 105 Å². The summed E-state index contributed by atoms with van der Waals surface area (Å²) in [6.07, 6.45) is 0. The van der Waals surface area contributed by atoms with E-state index in [0.717, 1.165) is 22.0 Å². The number of aromatic nitrogens is 1. The Bertz CT molecular complexity index is 1320. The summed E-state index contributed by atoms with van der Waals surface area (Å²) in [6.45, 7) is 4.00. The molecule has 156 valence electrons. The van der Waals surface area contributed by atoms with Crippen LogP contribution in [-0.2, 0) is 6.54 Å². The number of anilines is 1. The maximum absolute atomic E-state index is 13.6. The lowest BCUT2D eigenvalue weighted by Crippen LogP contribution is -2.33. The molecule has 5 heteroatoms. The molecule has 0 aliphatic carbocycles. The Balaban J connectivity index is 1.84. The van der Waals surface area contributed by atoms with E-state index in [4.69, 9.17) is 4.74 Å². The van der Waals surface area contributed by atoms with Crippen LogP contribution in [0.3, 0.4) is 0 Å². The van der Waals surface area contributed by atoms with Gasteiger partial charge >= 0.3 is 0 Å². The molecule has 0 atom stereocenters. The molecule has 3 aromatic carbocycles. The highest BCUT2D eigenvalue weighted by Gasteiger charge is 2.23. The SMILES string of the molecule is COc1ccccc1N(Cc1cc2ccc(C)cc2[nH]c1=O)C(=O)c1ccccc1C. The lowest BCUT2D eigenvalue weighted by atomic mass is 10.1. The predicted octanol–water partition coefficient (Wildman–Crippen LogP) is 5.00. The third-order valence-corrected chi connectivity index (χ3v) is 5.40. The smallest absolute Gasteiger partial charge is 0.258 e. The Kier molecular flexibility index (Phi) is 5.58. The first kappa shape index (κ1) is 20.4. The van der Waals surface area contributed by atoms with Crippen molar-refractivity contribution in [2.24, 2.45) is 0 Å². The summed E-state index contributed by atoms with van der Waals surface area (Å²) < 4.78 is 5.51. The normalized spacial score (nSPS) is 10.8. The van der Waals surface area contributed by atoms with Gasteiger partial charge in [0, 0.05) is 16.6 Å². The second-order valence-corrected chi connectivity index (χ2v) is 7.59. The van der Waals surface area contributed by atoms with Crippen molar-refractivity contribution >= 4 is 22.5 Å². The number of H-pyrrole nitrogens is 1. The van der Waals surface area contributed by atoms with Gasteiger partial charge in [0.15, 0.2) is 0 Å². The Morgan fingerprint density at radius 1 is 0.968 bits per heavy atom. The van der Waals surface area contributed by atoms with Crippen molar-refractivity contribution < 1.29 is 9.53 Å². The first-order valence-electron chi connectivity index (χ1n) is 10.1. The molecule has 0 radical (unpaired) electrons. The third-order valence-electron chi connectivity index (χ3n) is 5.40. The van der Waals surface area contributed by atoms with Crippen LogP contribution in [0, 0.1) is 13.8 Å². The molecule has 1 aromatic heterocycles. The molecule has 0 fully saturated rings. The maximum Gasteiger partial charge on any atom is 0.258 e. The number of nitrogens with one attached hydrogen (secondary N) is 1. The van der Waals surface area contributed by atoms with E-state index in [-0.39, 0.29) is 18.0 Å². The maximum atomic E-state index is 13.6. The number of carbonyl (C=O) groups excluding carboxylic acids is 1. The average molecular weight is 412 g/mol. The molecule has 4 rings (SSSR count). The van der Waals surface area contributed by atoms with Gasteiger partial charge in [0.2, 0.25) is 0 Å². The molecule has 0 spiro atoms. The number of methoxy groups -OCH3 is 1. The van der Waals surface area contributed by atoms with Crippen LogP contribution >= 0.6 is 0 Å². The van der Waals surface area contributed by atoms with Gasteiger partial charge in [0.25, 0.3) is 11.5 Å². The highest BCUT2D eigenvalue weighted by atomic mass is 16.5. The van der Waals surface area contributed by atoms with Crippen molar-refractivity contribution in [3.63, 3.8) is 0 Å².